The van der Waals surface area contributed by atoms with Crippen molar-refractivity contribution in [3.05, 3.63) is 0 Å². The van der Waals surface area contributed by atoms with Crippen LogP contribution in [0.25, 0.3) is 0 Å². The van der Waals surface area contributed by atoms with Crippen LogP contribution in [0.3, 0.4) is 0 Å². The second-order valence-electron chi connectivity index (χ2n) is 1.93. The maximum absolute atomic E-state index is 12.4. The van der Waals surface area contributed by atoms with Crippen molar-refractivity contribution in [2.24, 2.45) is 0 Å². The summed E-state index contributed by atoms with van der Waals surface area (Å²) in [6.07, 6.45) is -5.97. The van der Waals surface area contributed by atoms with Gasteiger partial charge in [0.05, 0.1) is 5.97 Å². The zero-order valence-corrected chi connectivity index (χ0v) is 11.1. The Morgan fingerprint density at radius 1 is 1.07 bits per heavy atom. The first kappa shape index (κ1) is 17.7. The summed E-state index contributed by atoms with van der Waals surface area (Å²) in [6, 6.07) is 0. The molecule has 0 N–H and O–H groups in total. The number of carboxylic acid groups (broad SMARTS) is 1. The molecule has 0 saturated heterocycles. The van der Waals surface area contributed by atoms with Gasteiger partial charge in [0.2, 0.25) is 0 Å². The van der Waals surface area contributed by atoms with Gasteiger partial charge in [0.1, 0.15) is 0 Å². The molecule has 0 radical (unpaired) electrons. The van der Waals surface area contributed by atoms with Crippen molar-refractivity contribution >= 4 is 29.2 Å². The SMILES string of the molecule is O=C([O-])C(F)(Cl)C(F)(Cl)C(F)(F)F.[K+]. The number of carbonyl (C=O) groups excluding carboxylic acids is 1. The van der Waals surface area contributed by atoms with Crippen molar-refractivity contribution < 1.29 is 83.2 Å². The van der Waals surface area contributed by atoms with E-state index in [-0.39, 0.29) is 51.4 Å². The first-order chi connectivity index (χ1) is 5.44. The molecule has 0 bridgehead atoms. The van der Waals surface area contributed by atoms with Gasteiger partial charge in [-0.15, -0.1) is 0 Å². The van der Waals surface area contributed by atoms with Crippen LogP contribution in [0.15, 0.2) is 0 Å². The van der Waals surface area contributed by atoms with E-state index in [1.807, 2.05) is 0 Å². The Balaban J connectivity index is 0. The van der Waals surface area contributed by atoms with Crippen LogP contribution in [0.4, 0.5) is 22.0 Å². The van der Waals surface area contributed by atoms with Gasteiger partial charge in [-0.1, -0.05) is 23.2 Å². The van der Waals surface area contributed by atoms with Gasteiger partial charge in [-0.25, -0.2) is 8.78 Å². The van der Waals surface area contributed by atoms with Crippen molar-refractivity contribution in [1.29, 1.82) is 0 Å². The van der Waals surface area contributed by atoms with E-state index >= 15 is 0 Å². The second kappa shape index (κ2) is 5.11. The van der Waals surface area contributed by atoms with Gasteiger partial charge in [0, 0.05) is 0 Å². The Hall–Kier alpha value is 1.34. The third kappa shape index (κ3) is 3.16. The zero-order valence-electron chi connectivity index (χ0n) is 6.46. The molecular weight excluding hydrogens is 285 g/mol. The zero-order chi connectivity index (χ0) is 11.1. The van der Waals surface area contributed by atoms with Crippen LogP contribution in [0, 0.1) is 0 Å². The number of carboxylic acids is 1. The van der Waals surface area contributed by atoms with Gasteiger partial charge in [0.25, 0.3) is 5.13 Å². The average molecular weight is 285 g/mol. The standard InChI is InChI=1S/C4HCl2F5O2.K/c5-2(7,1(12)13)3(6,8)4(9,10)11;/h(H,12,13);/q;+1/p-1. The summed E-state index contributed by atoms with van der Waals surface area (Å²) < 4.78 is 59.4. The van der Waals surface area contributed by atoms with Crippen LogP contribution in [0.2, 0.25) is 0 Å². The van der Waals surface area contributed by atoms with Crippen molar-refractivity contribution in [3.63, 3.8) is 0 Å². The topological polar surface area (TPSA) is 40.1 Å². The fourth-order valence-electron chi connectivity index (χ4n) is 0.306. The molecule has 0 aromatic heterocycles. The molecule has 0 spiro atoms. The fraction of sp³-hybridized carbons (Fsp3) is 0.750. The predicted octanol–water partition coefficient (Wildman–Crippen LogP) is -1.89. The van der Waals surface area contributed by atoms with Gasteiger partial charge in [-0.05, 0) is 0 Å². The summed E-state index contributed by atoms with van der Waals surface area (Å²) in [7, 11) is 0. The molecule has 2 atom stereocenters. The summed E-state index contributed by atoms with van der Waals surface area (Å²) in [5, 5.41) is -0.432. The molecule has 78 valence electrons. The van der Waals surface area contributed by atoms with Gasteiger partial charge in [-0.3, -0.25) is 0 Å². The maximum Gasteiger partial charge on any atom is 1.00 e. The van der Waals surface area contributed by atoms with E-state index in [1.165, 1.54) is 0 Å². The van der Waals surface area contributed by atoms with Gasteiger partial charge < -0.3 is 9.90 Å². The van der Waals surface area contributed by atoms with Crippen LogP contribution < -0.4 is 56.5 Å². The van der Waals surface area contributed by atoms with E-state index < -0.39 is 22.4 Å². The molecule has 0 rings (SSSR count). The molecule has 0 aromatic carbocycles. The number of rotatable bonds is 2. The Morgan fingerprint density at radius 3 is 1.43 bits per heavy atom. The third-order valence-corrected chi connectivity index (χ3v) is 1.99. The van der Waals surface area contributed by atoms with E-state index in [9.17, 15) is 31.9 Å². The number of halogens is 7. The molecule has 2 unspecified atom stereocenters. The largest absolute Gasteiger partial charge is 1.00 e. The van der Waals surface area contributed by atoms with Gasteiger partial charge in [-0.2, -0.15) is 13.2 Å². The molecule has 2 nitrogen and oxygen atoms in total. The van der Waals surface area contributed by atoms with E-state index in [0.29, 0.717) is 0 Å². The summed E-state index contributed by atoms with van der Waals surface area (Å²) in [6.45, 7) is 0. The minimum Gasteiger partial charge on any atom is -0.545 e. The molecule has 0 aliphatic rings. The van der Waals surface area contributed by atoms with Crippen LogP contribution in [-0.2, 0) is 4.79 Å². The summed E-state index contributed by atoms with van der Waals surface area (Å²) in [4.78, 5) is 9.67. The molecule has 0 heterocycles. The third-order valence-electron chi connectivity index (χ3n) is 1.01. The van der Waals surface area contributed by atoms with E-state index in [1.54, 1.807) is 0 Å². The molecule has 10 heteroatoms. The first-order valence-electron chi connectivity index (χ1n) is 2.48. The van der Waals surface area contributed by atoms with Crippen molar-refractivity contribution in [3.8, 4) is 0 Å². The molecule has 0 amide bonds. The quantitative estimate of drug-likeness (QED) is 0.338. The molecule has 0 fully saturated rings. The van der Waals surface area contributed by atoms with Crippen LogP contribution in [0.5, 0.6) is 0 Å². The molecule has 0 aromatic rings. The summed E-state index contributed by atoms with van der Waals surface area (Å²) in [5.41, 5.74) is 0. The number of carbonyl (C=O) groups is 1. The average Bonchev–Trinajstić information content (AvgIpc) is 1.84. The molecule has 0 saturated carbocycles. The van der Waals surface area contributed by atoms with Crippen LogP contribution >= 0.6 is 23.2 Å². The Bertz CT molecular complexity index is 228. The summed E-state index contributed by atoms with van der Waals surface area (Å²) >= 11 is 8.07. The van der Waals surface area contributed by atoms with E-state index in [4.69, 9.17) is 0 Å². The van der Waals surface area contributed by atoms with E-state index in [0.717, 1.165) is 0 Å². The molecule has 0 aliphatic heterocycles. The van der Waals surface area contributed by atoms with Gasteiger partial charge >= 0.3 is 62.7 Å². The number of aliphatic carboxylic acids is 1. The Kier molecular flexibility index (Phi) is 6.47. The maximum atomic E-state index is 12.4. The van der Waals surface area contributed by atoms with Crippen molar-refractivity contribution in [2.75, 3.05) is 0 Å². The monoisotopic (exact) mass is 284 g/mol. The second-order valence-corrected chi connectivity index (χ2v) is 2.98. The number of alkyl halides is 7. The Morgan fingerprint density at radius 2 is 1.36 bits per heavy atom. The van der Waals surface area contributed by atoms with Crippen LogP contribution in [0.1, 0.15) is 0 Å². The fourth-order valence-corrected chi connectivity index (χ4v) is 0.490. The van der Waals surface area contributed by atoms with Gasteiger partial charge in [0.15, 0.2) is 0 Å². The normalized spacial score (nSPS) is 20.2. The number of hydrogen-bond acceptors (Lipinski definition) is 2. The van der Waals surface area contributed by atoms with Crippen molar-refractivity contribution in [2.45, 2.75) is 16.4 Å². The predicted molar refractivity (Wildman–Crippen MR) is 30.4 cm³/mol. The van der Waals surface area contributed by atoms with Crippen LogP contribution in [-0.4, -0.2) is 22.4 Å². The van der Waals surface area contributed by atoms with Crippen molar-refractivity contribution in [1.82, 2.24) is 0 Å². The smallest absolute Gasteiger partial charge is 0.545 e. The summed E-state index contributed by atoms with van der Waals surface area (Å²) in [5.74, 6) is -3.11. The molecule has 14 heavy (non-hydrogen) atoms. The number of hydrogen-bond donors (Lipinski definition) is 0. The van der Waals surface area contributed by atoms with E-state index in [2.05, 4.69) is 23.2 Å². The first-order valence-corrected chi connectivity index (χ1v) is 3.24. The molecule has 0 aliphatic carbocycles. The molecular formula is C4Cl2F5KO2. The minimum atomic E-state index is -5.97. The Labute approximate surface area is 127 Å². The minimum absolute atomic E-state index is 0.